The molecule has 5 heteroatoms. The molecule has 0 fully saturated rings. The van der Waals surface area contributed by atoms with E-state index in [1.165, 1.54) is 4.90 Å². The number of amides is 1. The Bertz CT molecular complexity index is 527. The molecule has 0 saturated heterocycles. The summed E-state index contributed by atoms with van der Waals surface area (Å²) in [7, 11) is 1.63. The molecule has 1 atom stereocenters. The molecule has 4 nitrogen and oxygen atoms in total. The van der Waals surface area contributed by atoms with E-state index < -0.39 is 11.9 Å². The monoisotopic (exact) mass is 311 g/mol. The molecule has 0 saturated carbocycles. The highest BCUT2D eigenvalue weighted by atomic mass is 79.9. The van der Waals surface area contributed by atoms with Gasteiger partial charge < -0.3 is 10.0 Å². The molecule has 1 amide bonds. The van der Waals surface area contributed by atoms with Crippen LogP contribution in [0, 0.1) is 12.8 Å². The van der Waals surface area contributed by atoms with Crippen molar-refractivity contribution < 1.29 is 14.7 Å². The number of aryl methyl sites for hydroxylation is 2. The number of benzene rings is 1. The first-order valence-corrected chi connectivity index (χ1v) is 6.50. The van der Waals surface area contributed by atoms with Gasteiger partial charge in [-0.3, -0.25) is 9.59 Å². The van der Waals surface area contributed by atoms with Gasteiger partial charge in [-0.25, -0.2) is 0 Å². The lowest BCUT2D eigenvalue weighted by Gasteiger charge is -2.20. The van der Waals surface area contributed by atoms with Crippen LogP contribution < -0.4 is 4.90 Å². The first kappa shape index (κ1) is 13.1. The number of rotatable bonds is 1. The fraction of sp³-hybridized carbons (Fsp3) is 0.385. The Hall–Kier alpha value is -1.36. The van der Waals surface area contributed by atoms with Gasteiger partial charge in [-0.1, -0.05) is 15.9 Å². The maximum absolute atomic E-state index is 12.1. The zero-order valence-electron chi connectivity index (χ0n) is 10.2. The van der Waals surface area contributed by atoms with Gasteiger partial charge in [0.15, 0.2) is 0 Å². The highest BCUT2D eigenvalue weighted by Gasteiger charge is 2.33. The minimum Gasteiger partial charge on any atom is -0.481 e. The number of fused-ring (bicyclic) bond motifs is 1. The molecular formula is C13H14BrNO3. The van der Waals surface area contributed by atoms with Crippen LogP contribution in [-0.4, -0.2) is 24.0 Å². The quantitative estimate of drug-likeness (QED) is 0.810. The van der Waals surface area contributed by atoms with E-state index in [1.54, 1.807) is 7.05 Å². The molecular weight excluding hydrogens is 298 g/mol. The number of carbonyl (C=O) groups excluding carboxylic acids is 1. The fourth-order valence-electron chi connectivity index (χ4n) is 2.22. The summed E-state index contributed by atoms with van der Waals surface area (Å²) in [6.07, 6.45) is 0.947. The Morgan fingerprint density at radius 2 is 2.17 bits per heavy atom. The molecule has 1 aromatic carbocycles. The van der Waals surface area contributed by atoms with Gasteiger partial charge in [0.2, 0.25) is 5.91 Å². The van der Waals surface area contributed by atoms with Gasteiger partial charge in [-0.2, -0.15) is 0 Å². The van der Waals surface area contributed by atoms with E-state index in [0.29, 0.717) is 12.8 Å². The zero-order chi connectivity index (χ0) is 13.4. The molecule has 0 aliphatic carbocycles. The summed E-state index contributed by atoms with van der Waals surface area (Å²) in [6.45, 7) is 1.95. The molecule has 1 aromatic rings. The first-order chi connectivity index (χ1) is 8.41. The summed E-state index contributed by atoms with van der Waals surface area (Å²) in [5.74, 6) is -2.33. The molecule has 96 valence electrons. The van der Waals surface area contributed by atoms with E-state index in [1.807, 2.05) is 19.1 Å². The number of hydrogen-bond donors (Lipinski definition) is 1. The number of hydrogen-bond acceptors (Lipinski definition) is 2. The lowest BCUT2D eigenvalue weighted by atomic mass is 10.0. The van der Waals surface area contributed by atoms with Crippen LogP contribution in [0.1, 0.15) is 17.5 Å². The number of carboxylic acid groups (broad SMARTS) is 1. The Morgan fingerprint density at radius 1 is 1.50 bits per heavy atom. The predicted octanol–water partition coefficient (Wildman–Crippen LogP) is 2.37. The van der Waals surface area contributed by atoms with E-state index in [0.717, 1.165) is 21.3 Å². The number of carbonyl (C=O) groups is 2. The van der Waals surface area contributed by atoms with E-state index >= 15 is 0 Å². The summed E-state index contributed by atoms with van der Waals surface area (Å²) in [6, 6.07) is 3.89. The van der Waals surface area contributed by atoms with E-state index in [-0.39, 0.29) is 5.91 Å². The van der Waals surface area contributed by atoms with E-state index in [9.17, 15) is 9.59 Å². The highest BCUT2D eigenvalue weighted by Crippen LogP contribution is 2.32. The van der Waals surface area contributed by atoms with E-state index in [2.05, 4.69) is 15.9 Å². The molecule has 1 aliphatic rings. The van der Waals surface area contributed by atoms with Crippen LogP contribution in [0.25, 0.3) is 0 Å². The molecule has 2 rings (SSSR count). The highest BCUT2D eigenvalue weighted by molar-refractivity contribution is 9.10. The molecule has 0 aromatic heterocycles. The van der Waals surface area contributed by atoms with Crippen LogP contribution in [0.15, 0.2) is 16.6 Å². The number of carboxylic acids is 1. The van der Waals surface area contributed by atoms with Crippen molar-refractivity contribution in [1.82, 2.24) is 0 Å². The lowest BCUT2D eigenvalue weighted by Crippen LogP contribution is -2.35. The summed E-state index contributed by atoms with van der Waals surface area (Å²) in [4.78, 5) is 24.6. The second kappa shape index (κ2) is 4.72. The van der Waals surface area contributed by atoms with Gasteiger partial charge in [0.25, 0.3) is 0 Å². The van der Waals surface area contributed by atoms with Crippen molar-refractivity contribution in [3.8, 4) is 0 Å². The predicted molar refractivity (Wildman–Crippen MR) is 71.7 cm³/mol. The first-order valence-electron chi connectivity index (χ1n) is 5.71. The number of anilines is 1. The normalized spacial score (nSPS) is 19.4. The van der Waals surface area contributed by atoms with Gasteiger partial charge in [0, 0.05) is 17.2 Å². The number of nitrogens with zero attached hydrogens (tertiary/aromatic N) is 1. The Balaban J connectivity index is 2.49. The Labute approximate surface area is 114 Å². The summed E-state index contributed by atoms with van der Waals surface area (Å²) < 4.78 is 0.982. The number of halogens is 1. The fourth-order valence-corrected chi connectivity index (χ4v) is 2.62. The van der Waals surface area contributed by atoms with Crippen molar-refractivity contribution in [2.75, 3.05) is 11.9 Å². The molecule has 1 unspecified atom stereocenters. The van der Waals surface area contributed by atoms with Gasteiger partial charge in [-0.05, 0) is 43.0 Å². The lowest BCUT2D eigenvalue weighted by molar-refractivity contribution is -0.146. The third kappa shape index (κ3) is 2.14. The Morgan fingerprint density at radius 3 is 2.78 bits per heavy atom. The van der Waals surface area contributed by atoms with Crippen molar-refractivity contribution in [3.63, 3.8) is 0 Å². The van der Waals surface area contributed by atoms with Crippen molar-refractivity contribution in [2.45, 2.75) is 19.8 Å². The molecule has 0 spiro atoms. The van der Waals surface area contributed by atoms with Crippen LogP contribution in [0.3, 0.4) is 0 Å². The smallest absolute Gasteiger partial charge is 0.316 e. The zero-order valence-corrected chi connectivity index (χ0v) is 11.8. The van der Waals surface area contributed by atoms with E-state index in [4.69, 9.17) is 5.11 Å². The molecule has 1 aliphatic heterocycles. The standard InChI is InChI=1S/C13H14BrNO3/c1-7-5-11-8(6-10(7)14)3-4-9(13(17)18)12(16)15(11)2/h5-6,9H,3-4H2,1-2H3,(H,17,18). The van der Waals surface area contributed by atoms with Gasteiger partial charge >= 0.3 is 5.97 Å². The third-order valence-electron chi connectivity index (χ3n) is 3.35. The van der Waals surface area contributed by atoms with Gasteiger partial charge in [0.1, 0.15) is 5.92 Å². The summed E-state index contributed by atoms with van der Waals surface area (Å²) in [5, 5.41) is 9.08. The Kier molecular flexibility index (Phi) is 3.43. The second-order valence-electron chi connectivity index (χ2n) is 4.56. The SMILES string of the molecule is Cc1cc2c(cc1Br)CCC(C(=O)O)C(=O)N2C. The van der Waals surface area contributed by atoms with Crippen molar-refractivity contribution in [3.05, 3.63) is 27.7 Å². The van der Waals surface area contributed by atoms with Crippen LogP contribution in [0.5, 0.6) is 0 Å². The maximum Gasteiger partial charge on any atom is 0.316 e. The third-order valence-corrected chi connectivity index (χ3v) is 4.20. The molecule has 0 radical (unpaired) electrons. The van der Waals surface area contributed by atoms with Crippen LogP contribution in [0.4, 0.5) is 5.69 Å². The topological polar surface area (TPSA) is 57.6 Å². The molecule has 1 N–H and O–H groups in total. The van der Waals surface area contributed by atoms with Gasteiger partial charge in [-0.15, -0.1) is 0 Å². The summed E-state index contributed by atoms with van der Waals surface area (Å²) in [5.41, 5.74) is 2.85. The number of aliphatic carboxylic acids is 1. The van der Waals surface area contributed by atoms with Crippen molar-refractivity contribution in [1.29, 1.82) is 0 Å². The molecule has 1 heterocycles. The van der Waals surface area contributed by atoms with Gasteiger partial charge in [0.05, 0.1) is 0 Å². The maximum atomic E-state index is 12.1. The minimum absolute atomic E-state index is 0.344. The molecule has 18 heavy (non-hydrogen) atoms. The van der Waals surface area contributed by atoms with Crippen molar-refractivity contribution in [2.24, 2.45) is 5.92 Å². The second-order valence-corrected chi connectivity index (χ2v) is 5.41. The largest absolute Gasteiger partial charge is 0.481 e. The average molecular weight is 312 g/mol. The van der Waals surface area contributed by atoms with Crippen LogP contribution in [0.2, 0.25) is 0 Å². The molecule has 0 bridgehead atoms. The van der Waals surface area contributed by atoms with Crippen LogP contribution >= 0.6 is 15.9 Å². The summed E-state index contributed by atoms with van der Waals surface area (Å²) >= 11 is 3.46. The average Bonchev–Trinajstić information content (AvgIpc) is 2.41. The minimum atomic E-state index is -1.05. The van der Waals surface area contributed by atoms with Crippen LogP contribution in [-0.2, 0) is 16.0 Å². The van der Waals surface area contributed by atoms with Crippen molar-refractivity contribution >= 4 is 33.5 Å².